The van der Waals surface area contributed by atoms with Crippen LogP contribution >= 0.6 is 11.8 Å². The number of ether oxygens (including phenoxy) is 1. The van der Waals surface area contributed by atoms with Gasteiger partial charge in [0.2, 0.25) is 0 Å². The average Bonchev–Trinajstić information content (AvgIpc) is 2.95. The number of carboxylic acids is 1. The smallest absolute Gasteiger partial charge is 0.341 e. The number of methoxy groups -OCH3 is 1. The molecule has 1 aliphatic rings. The maximum absolute atomic E-state index is 11.4. The Hall–Kier alpha value is -1.43. The van der Waals surface area contributed by atoms with Gasteiger partial charge in [-0.2, -0.15) is 11.8 Å². The molecule has 1 saturated carbocycles. The summed E-state index contributed by atoms with van der Waals surface area (Å²) in [6, 6.07) is 1.59. The Kier molecular flexibility index (Phi) is 4.19. The lowest BCUT2D eigenvalue weighted by Gasteiger charge is -2.11. The van der Waals surface area contributed by atoms with Gasteiger partial charge in [0.05, 0.1) is 25.5 Å². The molecule has 104 valence electrons. The molecule has 5 nitrogen and oxygen atoms in total. The highest BCUT2D eigenvalue weighted by Gasteiger charge is 2.44. The van der Waals surface area contributed by atoms with E-state index in [1.54, 1.807) is 17.8 Å². The number of furan rings is 1. The van der Waals surface area contributed by atoms with Crippen LogP contribution in [0.1, 0.15) is 35.4 Å². The second kappa shape index (κ2) is 5.69. The maximum Gasteiger partial charge on any atom is 0.341 e. The first-order valence-corrected chi connectivity index (χ1v) is 7.16. The van der Waals surface area contributed by atoms with Crippen molar-refractivity contribution in [1.29, 1.82) is 0 Å². The SMILES string of the molecule is COC(=O)c1ccoc1CSCC1(CC(=O)O)CC1. The summed E-state index contributed by atoms with van der Waals surface area (Å²) < 4.78 is 9.93. The molecule has 2 rings (SSSR count). The van der Waals surface area contributed by atoms with E-state index < -0.39 is 11.9 Å². The van der Waals surface area contributed by atoms with Gasteiger partial charge in [-0.1, -0.05) is 0 Å². The van der Waals surface area contributed by atoms with Crippen molar-refractivity contribution in [1.82, 2.24) is 0 Å². The van der Waals surface area contributed by atoms with Crippen LogP contribution in [0.5, 0.6) is 0 Å². The Labute approximate surface area is 115 Å². The van der Waals surface area contributed by atoms with Gasteiger partial charge in [-0.15, -0.1) is 0 Å². The van der Waals surface area contributed by atoms with Crippen molar-refractivity contribution in [2.75, 3.05) is 12.9 Å². The van der Waals surface area contributed by atoms with Crippen molar-refractivity contribution in [3.63, 3.8) is 0 Å². The summed E-state index contributed by atoms with van der Waals surface area (Å²) in [6.45, 7) is 0. The molecule has 0 radical (unpaired) electrons. The van der Waals surface area contributed by atoms with E-state index >= 15 is 0 Å². The van der Waals surface area contributed by atoms with Crippen molar-refractivity contribution in [2.45, 2.75) is 25.0 Å². The predicted octanol–water partition coefficient (Wildman–Crippen LogP) is 2.55. The molecule has 0 unspecified atom stereocenters. The van der Waals surface area contributed by atoms with Crippen molar-refractivity contribution in [2.24, 2.45) is 5.41 Å². The molecular formula is C13H16O5S. The summed E-state index contributed by atoms with van der Waals surface area (Å²) in [5, 5.41) is 8.83. The minimum Gasteiger partial charge on any atom is -0.481 e. The Morgan fingerprint density at radius 2 is 2.26 bits per heavy atom. The summed E-state index contributed by atoms with van der Waals surface area (Å²) in [5.41, 5.74) is 0.396. The van der Waals surface area contributed by atoms with Crippen LogP contribution in [-0.4, -0.2) is 29.9 Å². The number of carbonyl (C=O) groups excluding carboxylic acids is 1. The topological polar surface area (TPSA) is 76.7 Å². The molecule has 0 bridgehead atoms. The normalized spacial score (nSPS) is 16.1. The third kappa shape index (κ3) is 3.53. The lowest BCUT2D eigenvalue weighted by molar-refractivity contribution is -0.138. The second-order valence-corrected chi connectivity index (χ2v) is 5.80. The Balaban J connectivity index is 1.85. The summed E-state index contributed by atoms with van der Waals surface area (Å²) >= 11 is 1.60. The van der Waals surface area contributed by atoms with Crippen LogP contribution in [0.25, 0.3) is 0 Å². The summed E-state index contributed by atoms with van der Waals surface area (Å²) in [7, 11) is 1.33. The fourth-order valence-corrected chi connectivity index (χ4v) is 3.31. The number of rotatable bonds is 7. The molecule has 0 spiro atoms. The lowest BCUT2D eigenvalue weighted by Crippen LogP contribution is -2.11. The first-order chi connectivity index (χ1) is 9.06. The van der Waals surface area contributed by atoms with Crippen molar-refractivity contribution in [3.05, 3.63) is 23.7 Å². The number of hydrogen-bond donors (Lipinski definition) is 1. The Morgan fingerprint density at radius 1 is 1.53 bits per heavy atom. The first-order valence-electron chi connectivity index (χ1n) is 6.00. The third-order valence-electron chi connectivity index (χ3n) is 3.28. The molecule has 1 fully saturated rings. The Morgan fingerprint density at radius 3 is 2.84 bits per heavy atom. The molecule has 1 aromatic rings. The number of carbonyl (C=O) groups is 2. The fourth-order valence-electron chi connectivity index (χ4n) is 1.97. The average molecular weight is 284 g/mol. The van der Waals surface area contributed by atoms with Crippen LogP contribution in [0.3, 0.4) is 0 Å². The molecule has 0 atom stereocenters. The predicted molar refractivity (Wildman–Crippen MR) is 70.1 cm³/mol. The van der Waals surface area contributed by atoms with E-state index in [-0.39, 0.29) is 11.8 Å². The highest BCUT2D eigenvalue weighted by Crippen LogP contribution is 2.51. The van der Waals surface area contributed by atoms with Crippen LogP contribution in [0.15, 0.2) is 16.7 Å². The zero-order chi connectivity index (χ0) is 13.9. The first kappa shape index (κ1) is 14.0. The van der Waals surface area contributed by atoms with Gasteiger partial charge >= 0.3 is 11.9 Å². The zero-order valence-corrected chi connectivity index (χ0v) is 11.5. The van der Waals surface area contributed by atoms with Crippen molar-refractivity contribution < 1.29 is 23.8 Å². The Bertz CT molecular complexity index is 475. The van der Waals surface area contributed by atoms with Gasteiger partial charge in [0.1, 0.15) is 11.3 Å². The van der Waals surface area contributed by atoms with E-state index in [0.717, 1.165) is 18.6 Å². The largest absolute Gasteiger partial charge is 0.481 e. The van der Waals surface area contributed by atoms with E-state index in [2.05, 4.69) is 4.74 Å². The summed E-state index contributed by atoms with van der Waals surface area (Å²) in [4.78, 5) is 22.2. The molecule has 1 aromatic heterocycles. The molecule has 0 aromatic carbocycles. The molecular weight excluding hydrogens is 268 g/mol. The molecule has 0 amide bonds. The fraction of sp³-hybridized carbons (Fsp3) is 0.538. The van der Waals surface area contributed by atoms with E-state index in [0.29, 0.717) is 17.1 Å². The van der Waals surface area contributed by atoms with E-state index in [1.807, 2.05) is 0 Å². The molecule has 0 saturated heterocycles. The van der Waals surface area contributed by atoms with Gasteiger partial charge in [-0.3, -0.25) is 4.79 Å². The highest BCUT2D eigenvalue weighted by atomic mass is 32.2. The lowest BCUT2D eigenvalue weighted by atomic mass is 10.1. The maximum atomic E-state index is 11.4. The minimum absolute atomic E-state index is 0.0471. The zero-order valence-electron chi connectivity index (χ0n) is 10.7. The van der Waals surface area contributed by atoms with Gasteiger partial charge < -0.3 is 14.3 Å². The standard InChI is InChI=1S/C13H16O5S/c1-17-12(16)9-2-5-18-10(9)7-19-8-13(3-4-13)6-11(14)15/h2,5H,3-4,6-8H2,1H3,(H,14,15). The van der Waals surface area contributed by atoms with Crippen LogP contribution in [0.2, 0.25) is 0 Å². The van der Waals surface area contributed by atoms with Crippen molar-refractivity contribution >= 4 is 23.7 Å². The van der Waals surface area contributed by atoms with Crippen LogP contribution in [0, 0.1) is 5.41 Å². The van der Waals surface area contributed by atoms with E-state index in [9.17, 15) is 9.59 Å². The van der Waals surface area contributed by atoms with E-state index in [1.165, 1.54) is 13.4 Å². The third-order valence-corrected chi connectivity index (χ3v) is 4.56. The quantitative estimate of drug-likeness (QED) is 0.775. The van der Waals surface area contributed by atoms with Gasteiger partial charge in [0, 0.05) is 0 Å². The van der Waals surface area contributed by atoms with Gasteiger partial charge in [0.25, 0.3) is 0 Å². The number of thioether (sulfide) groups is 1. The van der Waals surface area contributed by atoms with Gasteiger partial charge in [-0.05, 0) is 30.1 Å². The number of hydrogen-bond acceptors (Lipinski definition) is 5. The van der Waals surface area contributed by atoms with E-state index in [4.69, 9.17) is 9.52 Å². The van der Waals surface area contributed by atoms with Gasteiger partial charge in [0.15, 0.2) is 0 Å². The number of carboxylic acid groups (broad SMARTS) is 1. The monoisotopic (exact) mass is 284 g/mol. The summed E-state index contributed by atoms with van der Waals surface area (Å²) in [6.07, 6.45) is 3.62. The van der Waals surface area contributed by atoms with Crippen molar-refractivity contribution in [3.8, 4) is 0 Å². The van der Waals surface area contributed by atoms with Crippen LogP contribution < -0.4 is 0 Å². The number of aliphatic carboxylic acids is 1. The summed E-state index contributed by atoms with van der Waals surface area (Å²) in [5.74, 6) is 0.768. The van der Waals surface area contributed by atoms with Gasteiger partial charge in [-0.25, -0.2) is 4.79 Å². The molecule has 1 N–H and O–H groups in total. The molecule has 1 aliphatic carbocycles. The van der Waals surface area contributed by atoms with Crippen LogP contribution in [-0.2, 0) is 15.3 Å². The van der Waals surface area contributed by atoms with Crippen LogP contribution in [0.4, 0.5) is 0 Å². The number of esters is 1. The molecule has 0 aliphatic heterocycles. The second-order valence-electron chi connectivity index (χ2n) is 4.81. The minimum atomic E-state index is -0.744. The molecule has 19 heavy (non-hydrogen) atoms. The molecule has 6 heteroatoms. The highest BCUT2D eigenvalue weighted by molar-refractivity contribution is 7.98. The molecule has 1 heterocycles.